The average Bonchev–Trinajstić information content (AvgIpc) is 3.12. The highest BCUT2D eigenvalue weighted by atomic mass is 79.9. The third kappa shape index (κ3) is 6.59. The van der Waals surface area contributed by atoms with Crippen molar-refractivity contribution < 1.29 is 32.6 Å². The molecule has 1 heterocycles. The molecule has 1 fully saturated rings. The van der Waals surface area contributed by atoms with Crippen LogP contribution in [0.2, 0.25) is 0 Å². The molecule has 3 aromatic carbocycles. The molecule has 0 aromatic heterocycles. The van der Waals surface area contributed by atoms with Crippen LogP contribution in [0, 0.1) is 11.6 Å². The van der Waals surface area contributed by atoms with Gasteiger partial charge in [0.25, 0.3) is 11.1 Å². The third-order valence-corrected chi connectivity index (χ3v) is 6.74. The highest BCUT2D eigenvalue weighted by Gasteiger charge is 2.36. The molecule has 0 spiro atoms. The van der Waals surface area contributed by atoms with Gasteiger partial charge in [-0.3, -0.25) is 19.3 Å². The van der Waals surface area contributed by atoms with E-state index < -0.39 is 35.2 Å². The Labute approximate surface area is 229 Å². The first-order valence-corrected chi connectivity index (χ1v) is 13.0. The predicted octanol–water partition coefficient (Wildman–Crippen LogP) is 6.38. The van der Waals surface area contributed by atoms with E-state index in [1.807, 2.05) is 0 Å². The summed E-state index contributed by atoms with van der Waals surface area (Å²) in [7, 11) is 0. The largest absolute Gasteiger partial charge is 0.490 e. The number of amides is 3. The highest BCUT2D eigenvalue weighted by molar-refractivity contribution is 9.10. The Morgan fingerprint density at radius 1 is 1.08 bits per heavy atom. The summed E-state index contributed by atoms with van der Waals surface area (Å²) in [5.41, 5.74) is 1.12. The number of hydrogen-bond acceptors (Lipinski definition) is 6. The molecular weight excluding hydrogens is 582 g/mol. The standard InChI is InChI=1S/C27H21BrF2N2O5S/c1-2-36-22-11-16(10-20(28)25(22)37-15-17-6-3-4-9-21(17)30)12-23-26(34)32(27(35)38-23)14-24(33)31-19-8-5-7-18(29)13-19/h3-13H,2,14-15H2,1H3,(H,31,33)/b23-12+. The fourth-order valence-electron chi connectivity index (χ4n) is 3.54. The lowest BCUT2D eigenvalue weighted by atomic mass is 10.1. The second kappa shape index (κ2) is 12.2. The summed E-state index contributed by atoms with van der Waals surface area (Å²) in [5, 5.41) is 1.86. The SMILES string of the molecule is CCOc1cc(/C=C2/SC(=O)N(CC(=O)Nc3cccc(F)c3)C2=O)cc(Br)c1OCc1ccccc1F. The Morgan fingerprint density at radius 3 is 2.61 bits per heavy atom. The van der Waals surface area contributed by atoms with Crippen molar-refractivity contribution in [1.82, 2.24) is 4.90 Å². The Morgan fingerprint density at radius 2 is 1.87 bits per heavy atom. The van der Waals surface area contributed by atoms with E-state index in [0.717, 1.165) is 11.0 Å². The first-order valence-electron chi connectivity index (χ1n) is 11.4. The van der Waals surface area contributed by atoms with E-state index in [1.165, 1.54) is 30.3 Å². The average molecular weight is 603 g/mol. The fraction of sp³-hybridized carbons (Fsp3) is 0.148. The van der Waals surface area contributed by atoms with Crippen molar-refractivity contribution in [3.63, 3.8) is 0 Å². The van der Waals surface area contributed by atoms with Gasteiger partial charge in [-0.05, 0) is 82.7 Å². The molecule has 0 radical (unpaired) electrons. The summed E-state index contributed by atoms with van der Waals surface area (Å²) < 4.78 is 39.4. The lowest BCUT2D eigenvalue weighted by molar-refractivity contribution is -0.127. The molecule has 196 valence electrons. The number of benzene rings is 3. The van der Waals surface area contributed by atoms with Crippen LogP contribution >= 0.6 is 27.7 Å². The molecule has 3 amide bonds. The van der Waals surface area contributed by atoms with E-state index in [9.17, 15) is 23.2 Å². The van der Waals surface area contributed by atoms with Crippen molar-refractivity contribution in [3.8, 4) is 11.5 Å². The smallest absolute Gasteiger partial charge is 0.294 e. The van der Waals surface area contributed by atoms with Crippen LogP contribution in [0.1, 0.15) is 18.1 Å². The number of nitrogens with zero attached hydrogens (tertiary/aromatic N) is 1. The Kier molecular flexibility index (Phi) is 8.80. The molecule has 7 nitrogen and oxygen atoms in total. The molecule has 1 N–H and O–H groups in total. The zero-order valence-corrected chi connectivity index (χ0v) is 22.4. The second-order valence-corrected chi connectivity index (χ2v) is 9.82. The topological polar surface area (TPSA) is 84.9 Å². The Balaban J connectivity index is 1.50. The number of hydrogen-bond donors (Lipinski definition) is 1. The molecule has 1 saturated heterocycles. The van der Waals surface area contributed by atoms with Gasteiger partial charge >= 0.3 is 0 Å². The minimum absolute atomic E-state index is 0.0265. The molecule has 0 aliphatic carbocycles. The maximum atomic E-state index is 14.0. The van der Waals surface area contributed by atoms with E-state index in [-0.39, 0.29) is 17.2 Å². The number of ether oxygens (including phenoxy) is 2. The van der Waals surface area contributed by atoms with Crippen molar-refractivity contribution >= 4 is 56.5 Å². The summed E-state index contributed by atoms with van der Waals surface area (Å²) in [6.45, 7) is 1.57. The molecule has 1 aliphatic heterocycles. The van der Waals surface area contributed by atoms with E-state index in [2.05, 4.69) is 21.2 Å². The summed E-state index contributed by atoms with van der Waals surface area (Å²) in [5.74, 6) is -1.48. The van der Waals surface area contributed by atoms with Crippen molar-refractivity contribution in [2.45, 2.75) is 13.5 Å². The van der Waals surface area contributed by atoms with Gasteiger partial charge < -0.3 is 14.8 Å². The second-order valence-electron chi connectivity index (χ2n) is 7.97. The van der Waals surface area contributed by atoms with E-state index in [0.29, 0.717) is 45.5 Å². The maximum Gasteiger partial charge on any atom is 0.294 e. The molecule has 1 aliphatic rings. The van der Waals surface area contributed by atoms with Crippen LogP contribution in [-0.4, -0.2) is 35.1 Å². The first-order chi connectivity index (χ1) is 18.2. The van der Waals surface area contributed by atoms with E-state index in [4.69, 9.17) is 9.47 Å². The number of rotatable bonds is 9. The van der Waals surface area contributed by atoms with Crippen LogP contribution < -0.4 is 14.8 Å². The number of carbonyl (C=O) groups is 3. The van der Waals surface area contributed by atoms with Gasteiger partial charge in [0.2, 0.25) is 5.91 Å². The van der Waals surface area contributed by atoms with Gasteiger partial charge in [-0.25, -0.2) is 8.78 Å². The maximum absolute atomic E-state index is 14.0. The highest BCUT2D eigenvalue weighted by Crippen LogP contribution is 2.39. The molecule has 0 saturated carbocycles. The molecule has 0 atom stereocenters. The fourth-order valence-corrected chi connectivity index (χ4v) is 4.95. The zero-order chi connectivity index (χ0) is 27.2. The summed E-state index contributed by atoms with van der Waals surface area (Å²) in [4.78, 5) is 38.6. The number of anilines is 1. The summed E-state index contributed by atoms with van der Waals surface area (Å²) in [6, 6.07) is 14.8. The molecule has 38 heavy (non-hydrogen) atoms. The van der Waals surface area contributed by atoms with Gasteiger partial charge in [-0.15, -0.1) is 0 Å². The van der Waals surface area contributed by atoms with Crippen molar-refractivity contribution in [2.24, 2.45) is 0 Å². The van der Waals surface area contributed by atoms with Crippen LogP contribution in [0.5, 0.6) is 11.5 Å². The van der Waals surface area contributed by atoms with Crippen molar-refractivity contribution in [1.29, 1.82) is 0 Å². The van der Waals surface area contributed by atoms with Crippen LogP contribution in [0.4, 0.5) is 19.3 Å². The van der Waals surface area contributed by atoms with Crippen molar-refractivity contribution in [3.05, 3.63) is 92.8 Å². The summed E-state index contributed by atoms with van der Waals surface area (Å²) in [6.07, 6.45) is 1.50. The van der Waals surface area contributed by atoms with Gasteiger partial charge in [-0.1, -0.05) is 24.3 Å². The number of halogens is 3. The number of nitrogens with one attached hydrogen (secondary N) is 1. The number of carbonyl (C=O) groups excluding carboxylic acids is 3. The van der Waals surface area contributed by atoms with Crippen LogP contribution in [-0.2, 0) is 16.2 Å². The Bertz CT molecular complexity index is 1430. The van der Waals surface area contributed by atoms with Gasteiger partial charge in [0.05, 0.1) is 16.0 Å². The molecule has 3 aromatic rings. The van der Waals surface area contributed by atoms with Crippen LogP contribution in [0.3, 0.4) is 0 Å². The zero-order valence-electron chi connectivity index (χ0n) is 20.0. The minimum atomic E-state index is -0.642. The third-order valence-electron chi connectivity index (χ3n) is 5.24. The van der Waals surface area contributed by atoms with Crippen LogP contribution in [0.15, 0.2) is 70.0 Å². The van der Waals surface area contributed by atoms with E-state index >= 15 is 0 Å². The van der Waals surface area contributed by atoms with Gasteiger partial charge in [0.15, 0.2) is 11.5 Å². The molecule has 0 unspecified atom stereocenters. The van der Waals surface area contributed by atoms with Gasteiger partial charge in [0.1, 0.15) is 24.8 Å². The molecule has 11 heteroatoms. The Hall–Kier alpha value is -3.70. The normalized spacial score (nSPS) is 14.2. The quantitative estimate of drug-likeness (QED) is 0.286. The lowest BCUT2D eigenvalue weighted by Crippen LogP contribution is -2.36. The van der Waals surface area contributed by atoms with Gasteiger partial charge in [-0.2, -0.15) is 0 Å². The number of imide groups is 1. The lowest BCUT2D eigenvalue weighted by Gasteiger charge is -2.15. The first kappa shape index (κ1) is 27.3. The molecule has 0 bridgehead atoms. The molecule has 4 rings (SSSR count). The predicted molar refractivity (Wildman–Crippen MR) is 144 cm³/mol. The molecular formula is C27H21BrF2N2O5S. The minimum Gasteiger partial charge on any atom is -0.490 e. The number of thioether (sulfide) groups is 1. The van der Waals surface area contributed by atoms with Gasteiger partial charge in [0, 0.05) is 11.3 Å². The van der Waals surface area contributed by atoms with Crippen LogP contribution in [0.25, 0.3) is 6.08 Å². The monoisotopic (exact) mass is 602 g/mol. The summed E-state index contributed by atoms with van der Waals surface area (Å²) >= 11 is 4.14. The van der Waals surface area contributed by atoms with E-state index in [1.54, 1.807) is 37.3 Å². The van der Waals surface area contributed by atoms with Crippen molar-refractivity contribution in [2.75, 3.05) is 18.5 Å².